The lowest BCUT2D eigenvalue weighted by Crippen LogP contribution is -2.27. The van der Waals surface area contributed by atoms with Crippen LogP contribution in [-0.2, 0) is 5.41 Å². The Bertz CT molecular complexity index is 2840. The fraction of sp³-hybridized carbons (Fsp3) is 0.0588. The van der Waals surface area contributed by atoms with Crippen molar-refractivity contribution < 1.29 is 9.47 Å². The Hall–Kier alpha value is -6.84. The largest absolute Gasteiger partial charge is 0.454 e. The highest BCUT2D eigenvalue weighted by molar-refractivity contribution is 5.96. The molecule has 0 bridgehead atoms. The molecule has 4 aliphatic rings. The van der Waals surface area contributed by atoms with Gasteiger partial charge in [-0.1, -0.05) is 140 Å². The van der Waals surface area contributed by atoms with Crippen molar-refractivity contribution in [2.45, 2.75) is 18.3 Å². The molecule has 0 saturated heterocycles. The molecule has 1 spiro atoms. The molecule has 0 atom stereocenters. The van der Waals surface area contributed by atoms with Crippen LogP contribution >= 0.6 is 0 Å². The normalized spacial score (nSPS) is 15.4. The van der Waals surface area contributed by atoms with E-state index < -0.39 is 5.41 Å². The molecule has 3 aliphatic carbocycles. The minimum atomic E-state index is -0.459. The van der Waals surface area contributed by atoms with Crippen LogP contribution in [0.15, 0.2) is 193 Å². The van der Waals surface area contributed by atoms with Gasteiger partial charge < -0.3 is 14.4 Å². The maximum atomic E-state index is 7.19. The molecule has 3 heteroatoms. The van der Waals surface area contributed by atoms with Crippen LogP contribution in [0.25, 0.3) is 43.8 Å². The summed E-state index contributed by atoms with van der Waals surface area (Å²) >= 11 is 0. The van der Waals surface area contributed by atoms with Gasteiger partial charge in [-0.2, -0.15) is 0 Å². The van der Waals surface area contributed by atoms with Crippen LogP contribution in [0.3, 0.4) is 0 Å². The number of anilines is 2. The van der Waals surface area contributed by atoms with Crippen molar-refractivity contribution in [2.75, 3.05) is 4.90 Å². The van der Waals surface area contributed by atoms with Crippen LogP contribution in [0.2, 0.25) is 0 Å². The monoisotopic (exact) mass is 691 g/mol. The fourth-order valence-electron chi connectivity index (χ4n) is 9.65. The number of allylic oxidation sites excluding steroid dienone is 2. The molecule has 8 aromatic rings. The summed E-state index contributed by atoms with van der Waals surface area (Å²) < 4.78 is 14.1. The molecular weight excluding hydrogens is 659 g/mol. The van der Waals surface area contributed by atoms with Gasteiger partial charge in [-0.05, 0) is 109 Å². The Morgan fingerprint density at radius 1 is 0.426 bits per heavy atom. The molecule has 0 N–H and O–H groups in total. The standard InChI is InChI=1S/C51H33NO2/c1-3-14-34-28-36(26-24-32(34)12-1)52(37-27-25-33-13-2-4-15-35(33)29-37)46-22-11-23-47-50(46)54-49-31-45-41(30-48(49)53-47)40-18-7-10-21-44(40)51(45)42-19-8-5-16-38(42)39-17-6-9-20-43(39)51/h1-10,12-22,24-31H,11,23H2. The maximum absolute atomic E-state index is 7.19. The number of fused-ring (bicyclic) bond motifs is 13. The predicted octanol–water partition coefficient (Wildman–Crippen LogP) is 12.8. The lowest BCUT2D eigenvalue weighted by atomic mass is 9.70. The molecule has 0 fully saturated rings. The van der Waals surface area contributed by atoms with Crippen molar-refractivity contribution in [3.8, 4) is 33.8 Å². The first-order chi connectivity index (χ1) is 26.8. The Morgan fingerprint density at radius 2 is 0.926 bits per heavy atom. The van der Waals surface area contributed by atoms with E-state index in [1.54, 1.807) is 0 Å². The van der Waals surface area contributed by atoms with Gasteiger partial charge in [-0.25, -0.2) is 0 Å². The third-order valence-electron chi connectivity index (χ3n) is 11.9. The summed E-state index contributed by atoms with van der Waals surface area (Å²) in [6.45, 7) is 0. The number of hydrogen-bond acceptors (Lipinski definition) is 3. The van der Waals surface area contributed by atoms with E-state index in [9.17, 15) is 0 Å². The smallest absolute Gasteiger partial charge is 0.189 e. The Morgan fingerprint density at radius 3 is 1.52 bits per heavy atom. The van der Waals surface area contributed by atoms with Crippen LogP contribution in [0.5, 0.6) is 11.5 Å². The van der Waals surface area contributed by atoms with Gasteiger partial charge in [0, 0.05) is 17.8 Å². The number of hydrogen-bond donors (Lipinski definition) is 0. The second-order valence-corrected chi connectivity index (χ2v) is 14.7. The van der Waals surface area contributed by atoms with Gasteiger partial charge >= 0.3 is 0 Å². The van der Waals surface area contributed by atoms with E-state index in [0.717, 1.165) is 52.9 Å². The molecule has 1 aliphatic heterocycles. The molecule has 0 aromatic heterocycles. The van der Waals surface area contributed by atoms with E-state index in [1.165, 1.54) is 66.1 Å². The van der Waals surface area contributed by atoms with E-state index in [4.69, 9.17) is 9.47 Å². The van der Waals surface area contributed by atoms with Crippen molar-refractivity contribution in [3.63, 3.8) is 0 Å². The van der Waals surface area contributed by atoms with Crippen LogP contribution in [-0.4, -0.2) is 0 Å². The molecule has 0 amide bonds. The van der Waals surface area contributed by atoms with Crippen molar-refractivity contribution in [1.29, 1.82) is 0 Å². The lowest BCUT2D eigenvalue weighted by Gasteiger charge is -2.35. The number of ether oxygens (including phenoxy) is 2. The van der Waals surface area contributed by atoms with E-state index in [0.29, 0.717) is 0 Å². The van der Waals surface area contributed by atoms with Gasteiger partial charge in [0.05, 0.1) is 11.1 Å². The molecule has 254 valence electrons. The van der Waals surface area contributed by atoms with Gasteiger partial charge in [0.2, 0.25) is 0 Å². The molecule has 1 heterocycles. The number of rotatable bonds is 3. The summed E-state index contributed by atoms with van der Waals surface area (Å²) in [7, 11) is 0. The zero-order chi connectivity index (χ0) is 35.4. The van der Waals surface area contributed by atoms with Gasteiger partial charge in [-0.3, -0.25) is 0 Å². The maximum Gasteiger partial charge on any atom is 0.189 e. The molecule has 0 saturated carbocycles. The van der Waals surface area contributed by atoms with E-state index >= 15 is 0 Å². The highest BCUT2D eigenvalue weighted by atomic mass is 16.6. The Kier molecular flexibility index (Phi) is 6.10. The average Bonchev–Trinajstić information content (AvgIpc) is 3.69. The Balaban J connectivity index is 1.04. The minimum Gasteiger partial charge on any atom is -0.454 e. The number of benzene rings is 8. The lowest BCUT2D eigenvalue weighted by molar-refractivity contribution is 0.284. The molecule has 8 aromatic carbocycles. The van der Waals surface area contributed by atoms with Crippen molar-refractivity contribution >= 4 is 32.9 Å². The summed E-state index contributed by atoms with van der Waals surface area (Å²) in [5.74, 6) is 3.14. The summed E-state index contributed by atoms with van der Waals surface area (Å²) in [6.07, 6.45) is 3.92. The third-order valence-corrected chi connectivity index (χ3v) is 11.9. The zero-order valence-electron chi connectivity index (χ0n) is 29.4. The molecule has 0 radical (unpaired) electrons. The summed E-state index contributed by atoms with van der Waals surface area (Å²) in [5.41, 5.74) is 12.8. The van der Waals surface area contributed by atoms with Gasteiger partial charge in [0.1, 0.15) is 5.76 Å². The first kappa shape index (κ1) is 29.7. The second kappa shape index (κ2) is 11.1. The second-order valence-electron chi connectivity index (χ2n) is 14.7. The van der Waals surface area contributed by atoms with Crippen molar-refractivity contribution in [2.24, 2.45) is 0 Å². The third kappa shape index (κ3) is 4.01. The quantitative estimate of drug-likeness (QED) is 0.184. The predicted molar refractivity (Wildman–Crippen MR) is 218 cm³/mol. The van der Waals surface area contributed by atoms with Gasteiger partial charge in [0.25, 0.3) is 0 Å². The van der Waals surface area contributed by atoms with Gasteiger partial charge in [-0.15, -0.1) is 0 Å². The Labute approximate surface area is 313 Å². The van der Waals surface area contributed by atoms with E-state index in [-0.39, 0.29) is 0 Å². The van der Waals surface area contributed by atoms with Crippen LogP contribution < -0.4 is 14.4 Å². The summed E-state index contributed by atoms with van der Waals surface area (Å²) in [6, 6.07) is 61.7. The van der Waals surface area contributed by atoms with Crippen LogP contribution in [0.1, 0.15) is 35.1 Å². The molecule has 54 heavy (non-hydrogen) atoms. The fourth-order valence-corrected chi connectivity index (χ4v) is 9.65. The molecule has 12 rings (SSSR count). The molecule has 3 nitrogen and oxygen atoms in total. The highest BCUT2D eigenvalue weighted by Crippen LogP contribution is 2.64. The number of nitrogens with zero attached hydrogens (tertiary/aromatic N) is 1. The van der Waals surface area contributed by atoms with Crippen LogP contribution in [0.4, 0.5) is 11.4 Å². The van der Waals surface area contributed by atoms with Gasteiger partial charge in [0.15, 0.2) is 17.3 Å². The topological polar surface area (TPSA) is 21.7 Å². The average molecular weight is 692 g/mol. The first-order valence-electron chi connectivity index (χ1n) is 18.8. The van der Waals surface area contributed by atoms with Crippen molar-refractivity contribution in [3.05, 3.63) is 215 Å². The SMILES string of the molecule is C1=C(N(c2ccc3ccccc3c2)c2ccc3ccccc3c2)C2=C(CC1)Oc1cc3c(cc1O2)C1(c2ccccc2-c2ccccc21)c1ccccc1-3. The van der Waals surface area contributed by atoms with E-state index in [1.807, 2.05) is 0 Å². The van der Waals surface area contributed by atoms with E-state index in [2.05, 4.69) is 181 Å². The van der Waals surface area contributed by atoms with Crippen molar-refractivity contribution in [1.82, 2.24) is 0 Å². The molecule has 0 unspecified atom stereocenters. The minimum absolute atomic E-state index is 0.459. The highest BCUT2D eigenvalue weighted by Gasteiger charge is 2.52. The zero-order valence-corrected chi connectivity index (χ0v) is 29.4. The molecular formula is C51H33NO2. The summed E-state index contributed by atoms with van der Waals surface area (Å²) in [5, 5.41) is 4.80. The summed E-state index contributed by atoms with van der Waals surface area (Å²) in [4.78, 5) is 2.34. The van der Waals surface area contributed by atoms with Crippen LogP contribution in [0, 0.1) is 0 Å². The first-order valence-corrected chi connectivity index (χ1v) is 18.8.